The molecule has 0 bridgehead atoms. The average Bonchev–Trinajstić information content (AvgIpc) is 3.24. The number of carbonyl (C=O) groups is 1. The zero-order chi connectivity index (χ0) is 16.2. The minimum Gasteiger partial charge on any atom is -0.497 e. The van der Waals surface area contributed by atoms with Gasteiger partial charge < -0.3 is 14.4 Å². The van der Waals surface area contributed by atoms with Gasteiger partial charge in [0, 0.05) is 19.2 Å². The Morgan fingerprint density at radius 3 is 2.83 bits per heavy atom. The van der Waals surface area contributed by atoms with E-state index in [2.05, 4.69) is 10.2 Å². The maximum Gasteiger partial charge on any atom is 0.272 e. The predicted octanol–water partition coefficient (Wildman–Crippen LogP) is 2.34. The zero-order valence-electron chi connectivity index (χ0n) is 13.4. The molecule has 1 atom stereocenters. The van der Waals surface area contributed by atoms with Crippen LogP contribution in [0.5, 0.6) is 5.75 Å². The second-order valence-corrected chi connectivity index (χ2v) is 5.65. The molecule has 1 N–H and O–H groups in total. The van der Waals surface area contributed by atoms with E-state index in [0.29, 0.717) is 12.3 Å². The first-order valence-electron chi connectivity index (χ1n) is 7.72. The molecule has 1 aromatic heterocycles. The van der Waals surface area contributed by atoms with Crippen LogP contribution in [0.15, 0.2) is 30.3 Å². The summed E-state index contributed by atoms with van der Waals surface area (Å²) in [6.07, 6.45) is 2.00. The minimum absolute atomic E-state index is 0.0168. The number of carbonyl (C=O) groups excluding carboxylic acids is 1. The van der Waals surface area contributed by atoms with E-state index < -0.39 is 0 Å². The first-order chi connectivity index (χ1) is 11.2. The molecule has 3 rings (SSSR count). The summed E-state index contributed by atoms with van der Waals surface area (Å²) in [5, 5.41) is 7.12. The second-order valence-electron chi connectivity index (χ2n) is 5.65. The Morgan fingerprint density at radius 2 is 2.13 bits per heavy atom. The highest BCUT2D eigenvalue weighted by molar-refractivity contribution is 5.93. The van der Waals surface area contributed by atoms with Gasteiger partial charge in [0.1, 0.15) is 11.4 Å². The van der Waals surface area contributed by atoms with E-state index in [9.17, 15) is 4.79 Å². The standard InChI is InChI=1S/C17H21N3O3/c1-22-11-13-4-3-9-20(13)17(21)16-10-15(18-19-16)12-5-7-14(23-2)8-6-12/h5-8,10,13H,3-4,9,11H2,1-2H3,(H,18,19)/t13-/m0/s1. The SMILES string of the molecule is COC[C@@H]1CCCN1C(=O)c1cc(-c2ccc(OC)cc2)n[nH]1. The van der Waals surface area contributed by atoms with Gasteiger partial charge in [-0.3, -0.25) is 9.89 Å². The van der Waals surface area contributed by atoms with Crippen LogP contribution in [0.2, 0.25) is 0 Å². The Bertz CT molecular complexity index is 666. The molecule has 0 spiro atoms. The van der Waals surface area contributed by atoms with E-state index in [1.54, 1.807) is 20.3 Å². The molecule has 1 fully saturated rings. The van der Waals surface area contributed by atoms with Gasteiger partial charge >= 0.3 is 0 Å². The van der Waals surface area contributed by atoms with Crippen LogP contribution in [0.1, 0.15) is 23.3 Å². The molecule has 6 nitrogen and oxygen atoms in total. The van der Waals surface area contributed by atoms with Gasteiger partial charge in [0.05, 0.1) is 25.5 Å². The summed E-state index contributed by atoms with van der Waals surface area (Å²) >= 11 is 0. The first-order valence-corrected chi connectivity index (χ1v) is 7.72. The third kappa shape index (κ3) is 3.22. The molecule has 1 aliphatic heterocycles. The molecular weight excluding hydrogens is 294 g/mol. The molecule has 23 heavy (non-hydrogen) atoms. The van der Waals surface area contributed by atoms with Crippen molar-refractivity contribution < 1.29 is 14.3 Å². The minimum atomic E-state index is -0.0168. The topological polar surface area (TPSA) is 67.4 Å². The highest BCUT2D eigenvalue weighted by atomic mass is 16.5. The van der Waals surface area contributed by atoms with E-state index in [-0.39, 0.29) is 11.9 Å². The van der Waals surface area contributed by atoms with Gasteiger partial charge in [-0.2, -0.15) is 5.10 Å². The molecule has 1 saturated heterocycles. The number of nitrogens with zero attached hydrogens (tertiary/aromatic N) is 2. The van der Waals surface area contributed by atoms with Gasteiger partial charge in [-0.15, -0.1) is 0 Å². The van der Waals surface area contributed by atoms with Gasteiger partial charge in [0.2, 0.25) is 0 Å². The summed E-state index contributed by atoms with van der Waals surface area (Å²) in [5.74, 6) is 0.775. The summed E-state index contributed by atoms with van der Waals surface area (Å²) in [6.45, 7) is 1.34. The largest absolute Gasteiger partial charge is 0.497 e. The number of amides is 1. The molecule has 1 amide bonds. The summed E-state index contributed by atoms with van der Waals surface area (Å²) in [7, 11) is 3.30. The molecular formula is C17H21N3O3. The van der Waals surface area contributed by atoms with Crippen LogP contribution in [0.25, 0.3) is 11.3 Å². The third-order valence-corrected chi connectivity index (χ3v) is 4.19. The van der Waals surface area contributed by atoms with E-state index in [1.807, 2.05) is 29.2 Å². The number of nitrogens with one attached hydrogen (secondary N) is 1. The van der Waals surface area contributed by atoms with E-state index in [1.165, 1.54) is 0 Å². The monoisotopic (exact) mass is 315 g/mol. The highest BCUT2D eigenvalue weighted by Crippen LogP contribution is 2.24. The van der Waals surface area contributed by atoms with E-state index >= 15 is 0 Å². The Balaban J connectivity index is 1.76. The van der Waals surface area contributed by atoms with Crippen LogP contribution in [-0.4, -0.2) is 54.4 Å². The van der Waals surface area contributed by atoms with Gasteiger partial charge in [-0.25, -0.2) is 0 Å². The third-order valence-electron chi connectivity index (χ3n) is 4.19. The highest BCUT2D eigenvalue weighted by Gasteiger charge is 2.30. The molecule has 0 aliphatic carbocycles. The summed E-state index contributed by atoms with van der Waals surface area (Å²) in [6, 6.07) is 9.55. The molecule has 2 aromatic rings. The molecule has 2 heterocycles. The normalized spacial score (nSPS) is 17.5. The fourth-order valence-corrected chi connectivity index (χ4v) is 2.96. The van der Waals surface area contributed by atoms with Crippen molar-refractivity contribution in [3.05, 3.63) is 36.0 Å². The number of aromatic amines is 1. The van der Waals surface area contributed by atoms with Crippen LogP contribution in [-0.2, 0) is 4.74 Å². The van der Waals surface area contributed by atoms with E-state index in [0.717, 1.165) is 36.4 Å². The summed E-state index contributed by atoms with van der Waals surface area (Å²) in [4.78, 5) is 14.5. The number of rotatable bonds is 5. The van der Waals surface area contributed by atoms with Crippen molar-refractivity contribution in [3.8, 4) is 17.0 Å². The number of methoxy groups -OCH3 is 2. The number of likely N-dealkylation sites (tertiary alicyclic amines) is 1. The lowest BCUT2D eigenvalue weighted by molar-refractivity contribution is 0.0625. The molecule has 1 aromatic carbocycles. The van der Waals surface area contributed by atoms with Crippen molar-refractivity contribution in [3.63, 3.8) is 0 Å². The van der Waals surface area contributed by atoms with Crippen molar-refractivity contribution in [1.29, 1.82) is 0 Å². The molecule has 122 valence electrons. The fourth-order valence-electron chi connectivity index (χ4n) is 2.96. The van der Waals surface area contributed by atoms with Crippen molar-refractivity contribution in [2.45, 2.75) is 18.9 Å². The van der Waals surface area contributed by atoms with E-state index in [4.69, 9.17) is 9.47 Å². The smallest absolute Gasteiger partial charge is 0.272 e. The van der Waals surface area contributed by atoms with Crippen molar-refractivity contribution in [1.82, 2.24) is 15.1 Å². The van der Waals surface area contributed by atoms with Gasteiger partial charge in [0.25, 0.3) is 5.91 Å². The number of hydrogen-bond donors (Lipinski definition) is 1. The molecule has 1 aliphatic rings. The van der Waals surface area contributed by atoms with Crippen LogP contribution in [0.4, 0.5) is 0 Å². The Labute approximate surface area is 135 Å². The van der Waals surface area contributed by atoms with Gasteiger partial charge in [-0.1, -0.05) is 0 Å². The van der Waals surface area contributed by atoms with Crippen LogP contribution >= 0.6 is 0 Å². The van der Waals surface area contributed by atoms with Crippen molar-refractivity contribution in [2.75, 3.05) is 27.4 Å². The van der Waals surface area contributed by atoms with Gasteiger partial charge in [-0.05, 0) is 43.2 Å². The van der Waals surface area contributed by atoms with Crippen LogP contribution in [0, 0.1) is 0 Å². The van der Waals surface area contributed by atoms with Crippen LogP contribution < -0.4 is 4.74 Å². The Kier molecular flexibility index (Phi) is 4.62. The molecule has 6 heteroatoms. The maximum atomic E-state index is 12.7. The van der Waals surface area contributed by atoms with Crippen molar-refractivity contribution >= 4 is 5.91 Å². The first kappa shape index (κ1) is 15.6. The lowest BCUT2D eigenvalue weighted by Crippen LogP contribution is -2.38. The molecule has 0 saturated carbocycles. The Hall–Kier alpha value is -2.34. The predicted molar refractivity (Wildman–Crippen MR) is 86.5 cm³/mol. The number of H-pyrrole nitrogens is 1. The lowest BCUT2D eigenvalue weighted by Gasteiger charge is -2.23. The van der Waals surface area contributed by atoms with Crippen molar-refractivity contribution in [2.24, 2.45) is 0 Å². The number of hydrogen-bond acceptors (Lipinski definition) is 4. The Morgan fingerprint density at radius 1 is 1.35 bits per heavy atom. The maximum absolute atomic E-state index is 12.7. The molecule has 0 unspecified atom stereocenters. The second kappa shape index (κ2) is 6.83. The summed E-state index contributed by atoms with van der Waals surface area (Å²) < 4.78 is 10.4. The lowest BCUT2D eigenvalue weighted by atomic mass is 10.1. The average molecular weight is 315 g/mol. The quantitative estimate of drug-likeness (QED) is 0.919. The molecule has 0 radical (unpaired) electrons. The summed E-state index contributed by atoms with van der Waals surface area (Å²) in [5.41, 5.74) is 2.20. The zero-order valence-corrected chi connectivity index (χ0v) is 13.4. The van der Waals surface area contributed by atoms with Crippen LogP contribution in [0.3, 0.4) is 0 Å². The van der Waals surface area contributed by atoms with Gasteiger partial charge in [0.15, 0.2) is 0 Å². The number of benzene rings is 1. The number of ether oxygens (including phenoxy) is 2. The number of aromatic nitrogens is 2. The fraction of sp³-hybridized carbons (Fsp3) is 0.412.